The van der Waals surface area contributed by atoms with Gasteiger partial charge in [-0.05, 0) is 43.3 Å². The number of hydrogen-bond donors (Lipinski definition) is 0. The number of ether oxygens (including phenoxy) is 1. The van der Waals surface area contributed by atoms with Crippen LogP contribution in [0.25, 0.3) is 26.9 Å². The third kappa shape index (κ3) is 2.55. The van der Waals surface area contributed by atoms with Crippen molar-refractivity contribution < 1.29 is 4.74 Å². The minimum absolute atomic E-state index is 0.648. The van der Waals surface area contributed by atoms with Gasteiger partial charge in [0.2, 0.25) is 4.96 Å². The first-order chi connectivity index (χ1) is 11.3. The van der Waals surface area contributed by atoms with E-state index >= 15 is 0 Å². The van der Waals surface area contributed by atoms with Gasteiger partial charge in [-0.3, -0.25) is 4.98 Å². The average Bonchev–Trinajstić information content (AvgIpc) is 3.17. The Morgan fingerprint density at radius 1 is 1.09 bits per heavy atom. The summed E-state index contributed by atoms with van der Waals surface area (Å²) in [6.45, 7) is 2.61. The Balaban J connectivity index is 1.74. The molecule has 3 aromatic heterocycles. The summed E-state index contributed by atoms with van der Waals surface area (Å²) in [5.74, 6) is 1.56. The van der Waals surface area contributed by atoms with Gasteiger partial charge in [-0.1, -0.05) is 11.3 Å². The third-order valence-corrected chi connectivity index (χ3v) is 4.27. The topological polar surface area (TPSA) is 65.2 Å². The minimum atomic E-state index is 0.648. The summed E-state index contributed by atoms with van der Waals surface area (Å²) in [4.78, 5) is 4.89. The molecule has 4 aromatic rings. The van der Waals surface area contributed by atoms with E-state index in [2.05, 4.69) is 20.3 Å². The summed E-state index contributed by atoms with van der Waals surface area (Å²) in [6.07, 6.45) is 3.54. The smallest absolute Gasteiger partial charge is 0.235 e. The van der Waals surface area contributed by atoms with Gasteiger partial charge in [-0.25, -0.2) is 0 Å². The Morgan fingerprint density at radius 3 is 2.70 bits per heavy atom. The summed E-state index contributed by atoms with van der Waals surface area (Å²) >= 11 is 1.49. The fraction of sp³-hybridized carbons (Fsp3) is 0.125. The normalized spacial score (nSPS) is 11.0. The maximum absolute atomic E-state index is 5.46. The van der Waals surface area contributed by atoms with Crippen molar-refractivity contribution >= 4 is 16.3 Å². The lowest BCUT2D eigenvalue weighted by atomic mass is 10.2. The lowest BCUT2D eigenvalue weighted by Gasteiger charge is -2.03. The molecular formula is C16H13N5OS. The molecule has 7 heteroatoms. The second kappa shape index (κ2) is 5.77. The molecule has 0 unspecified atom stereocenters. The van der Waals surface area contributed by atoms with E-state index in [1.165, 1.54) is 11.3 Å². The predicted octanol–water partition coefficient (Wildman–Crippen LogP) is 3.31. The number of aromatic nitrogens is 5. The molecule has 114 valence electrons. The molecule has 4 rings (SSSR count). The standard InChI is InChI=1S/C16H13N5OS/c1-2-22-13-7-5-11(6-8-13)14-18-19-16-21(14)20-15(23-16)12-4-3-9-17-10-12/h3-10H,2H2,1H3. The van der Waals surface area contributed by atoms with Gasteiger partial charge >= 0.3 is 0 Å². The maximum atomic E-state index is 5.46. The Morgan fingerprint density at radius 2 is 1.96 bits per heavy atom. The van der Waals surface area contributed by atoms with E-state index in [4.69, 9.17) is 4.74 Å². The first kappa shape index (κ1) is 13.8. The molecule has 6 nitrogen and oxygen atoms in total. The number of nitrogens with zero attached hydrogens (tertiary/aromatic N) is 5. The Hall–Kier alpha value is -2.80. The second-order valence-electron chi connectivity index (χ2n) is 4.82. The van der Waals surface area contributed by atoms with Crippen molar-refractivity contribution in [3.8, 4) is 27.7 Å². The quantitative estimate of drug-likeness (QED) is 0.576. The Kier molecular flexibility index (Phi) is 3.47. The van der Waals surface area contributed by atoms with E-state index in [-0.39, 0.29) is 0 Å². The molecule has 0 saturated heterocycles. The van der Waals surface area contributed by atoms with Crippen LogP contribution in [0, 0.1) is 0 Å². The highest BCUT2D eigenvalue weighted by molar-refractivity contribution is 7.19. The minimum Gasteiger partial charge on any atom is -0.494 e. The van der Waals surface area contributed by atoms with Crippen molar-refractivity contribution in [1.29, 1.82) is 0 Å². The highest BCUT2D eigenvalue weighted by Crippen LogP contribution is 2.28. The number of fused-ring (bicyclic) bond motifs is 1. The van der Waals surface area contributed by atoms with Gasteiger partial charge in [0, 0.05) is 23.5 Å². The third-order valence-electron chi connectivity index (χ3n) is 3.32. The highest BCUT2D eigenvalue weighted by Gasteiger charge is 2.14. The van der Waals surface area contributed by atoms with Gasteiger partial charge in [0.15, 0.2) is 5.82 Å². The lowest BCUT2D eigenvalue weighted by Crippen LogP contribution is -1.93. The molecule has 0 N–H and O–H groups in total. The summed E-state index contributed by atoms with van der Waals surface area (Å²) in [5.41, 5.74) is 1.92. The number of rotatable bonds is 4. The molecule has 0 aliphatic carbocycles. The van der Waals surface area contributed by atoms with E-state index in [1.54, 1.807) is 16.9 Å². The zero-order valence-electron chi connectivity index (χ0n) is 12.4. The number of benzene rings is 1. The average molecular weight is 323 g/mol. The molecule has 0 aliphatic rings. The summed E-state index contributed by atoms with van der Waals surface area (Å²) in [6, 6.07) is 11.7. The molecule has 0 spiro atoms. The molecule has 0 radical (unpaired) electrons. The molecule has 0 amide bonds. The molecule has 0 fully saturated rings. The largest absolute Gasteiger partial charge is 0.494 e. The molecule has 0 saturated carbocycles. The number of pyridine rings is 1. The van der Waals surface area contributed by atoms with Crippen molar-refractivity contribution in [2.45, 2.75) is 6.92 Å². The van der Waals surface area contributed by atoms with Crippen LogP contribution in [0.5, 0.6) is 5.75 Å². The van der Waals surface area contributed by atoms with Crippen LogP contribution in [0.15, 0.2) is 48.8 Å². The lowest BCUT2D eigenvalue weighted by molar-refractivity contribution is 0.340. The van der Waals surface area contributed by atoms with Gasteiger partial charge in [-0.15, -0.1) is 10.2 Å². The maximum Gasteiger partial charge on any atom is 0.235 e. The molecule has 0 aliphatic heterocycles. The first-order valence-corrected chi connectivity index (χ1v) is 8.02. The fourth-order valence-corrected chi connectivity index (χ4v) is 3.10. The van der Waals surface area contributed by atoms with Gasteiger partial charge in [-0.2, -0.15) is 9.61 Å². The Labute approximate surface area is 136 Å². The van der Waals surface area contributed by atoms with Gasteiger partial charge in [0.25, 0.3) is 0 Å². The zero-order chi connectivity index (χ0) is 15.6. The van der Waals surface area contributed by atoms with Crippen LogP contribution in [0.3, 0.4) is 0 Å². The van der Waals surface area contributed by atoms with E-state index in [1.807, 2.05) is 43.3 Å². The van der Waals surface area contributed by atoms with Gasteiger partial charge in [0.1, 0.15) is 10.8 Å². The Bertz CT molecular complexity index is 930. The molecule has 23 heavy (non-hydrogen) atoms. The SMILES string of the molecule is CCOc1ccc(-c2nnc3sc(-c4cccnc4)nn23)cc1. The zero-order valence-corrected chi connectivity index (χ0v) is 13.2. The van der Waals surface area contributed by atoms with Crippen LogP contribution < -0.4 is 4.74 Å². The second-order valence-corrected chi connectivity index (χ2v) is 5.78. The van der Waals surface area contributed by atoms with Crippen molar-refractivity contribution in [2.75, 3.05) is 6.61 Å². The van der Waals surface area contributed by atoms with Crippen LogP contribution >= 0.6 is 11.3 Å². The van der Waals surface area contributed by atoms with E-state index in [9.17, 15) is 0 Å². The van der Waals surface area contributed by atoms with Crippen LogP contribution in [-0.4, -0.2) is 31.4 Å². The van der Waals surface area contributed by atoms with E-state index in [0.29, 0.717) is 6.61 Å². The van der Waals surface area contributed by atoms with Gasteiger partial charge < -0.3 is 4.74 Å². The number of hydrogen-bond acceptors (Lipinski definition) is 6. The van der Waals surface area contributed by atoms with Gasteiger partial charge in [0.05, 0.1) is 6.61 Å². The monoisotopic (exact) mass is 323 g/mol. The summed E-state index contributed by atoms with van der Waals surface area (Å²) < 4.78 is 7.23. The fourth-order valence-electron chi connectivity index (χ4n) is 2.27. The van der Waals surface area contributed by atoms with Crippen LogP contribution in [0.4, 0.5) is 0 Å². The molecule has 1 aromatic carbocycles. The first-order valence-electron chi connectivity index (χ1n) is 7.21. The van der Waals surface area contributed by atoms with Crippen molar-refractivity contribution in [1.82, 2.24) is 24.8 Å². The molecular weight excluding hydrogens is 310 g/mol. The highest BCUT2D eigenvalue weighted by atomic mass is 32.1. The molecule has 0 atom stereocenters. The van der Waals surface area contributed by atoms with Crippen LogP contribution in [0.1, 0.15) is 6.92 Å². The van der Waals surface area contributed by atoms with Crippen LogP contribution in [-0.2, 0) is 0 Å². The molecule has 3 heterocycles. The predicted molar refractivity (Wildman–Crippen MR) is 88.5 cm³/mol. The van der Waals surface area contributed by atoms with Crippen molar-refractivity contribution in [3.63, 3.8) is 0 Å². The molecule has 0 bridgehead atoms. The summed E-state index contributed by atoms with van der Waals surface area (Å²) in [5, 5.41) is 13.9. The van der Waals surface area contributed by atoms with Crippen molar-refractivity contribution in [3.05, 3.63) is 48.8 Å². The van der Waals surface area contributed by atoms with Crippen molar-refractivity contribution in [2.24, 2.45) is 0 Å². The van der Waals surface area contributed by atoms with E-state index < -0.39 is 0 Å². The van der Waals surface area contributed by atoms with Crippen LogP contribution in [0.2, 0.25) is 0 Å². The van der Waals surface area contributed by atoms with E-state index in [0.717, 1.165) is 32.7 Å². The summed E-state index contributed by atoms with van der Waals surface area (Å²) in [7, 11) is 0.